The van der Waals surface area contributed by atoms with Crippen LogP contribution in [-0.4, -0.2) is 65.6 Å². The van der Waals surface area contributed by atoms with Gasteiger partial charge in [0.1, 0.15) is 18.4 Å². The summed E-state index contributed by atoms with van der Waals surface area (Å²) in [4.78, 5) is 49.3. The average Bonchev–Trinajstić information content (AvgIpc) is 3.38. The fourth-order valence-corrected chi connectivity index (χ4v) is 3.57. The van der Waals surface area contributed by atoms with Crippen LogP contribution in [0.4, 0.5) is 5.69 Å². The van der Waals surface area contributed by atoms with Crippen LogP contribution in [0.5, 0.6) is 0 Å². The molecule has 1 saturated heterocycles. The molecule has 5 rings (SSSR count). The fraction of sp³-hybridized carbons (Fsp3) is 0.222. The summed E-state index contributed by atoms with van der Waals surface area (Å²) in [6.45, 7) is 2.02. The highest BCUT2D eigenvalue weighted by Crippen LogP contribution is 2.24. The Bertz CT molecular complexity index is 1320. The molecular weight excluding hydrogens is 376 g/mol. The number of fused-ring (bicyclic) bond motifs is 2. The van der Waals surface area contributed by atoms with Crippen LogP contribution in [0, 0.1) is 0 Å². The van der Waals surface area contributed by atoms with Crippen molar-refractivity contribution in [2.75, 3.05) is 18.0 Å². The molecule has 4 aromatic rings. The van der Waals surface area contributed by atoms with Crippen LogP contribution >= 0.6 is 0 Å². The van der Waals surface area contributed by atoms with E-state index in [9.17, 15) is 14.4 Å². The monoisotopic (exact) mass is 392 g/mol. The second-order valence-electron chi connectivity index (χ2n) is 6.93. The highest BCUT2D eigenvalue weighted by molar-refractivity contribution is 6.02. The van der Waals surface area contributed by atoms with E-state index in [1.54, 1.807) is 11.1 Å². The van der Waals surface area contributed by atoms with Crippen LogP contribution in [-0.2, 0) is 4.79 Å². The first-order valence-electron chi connectivity index (χ1n) is 8.98. The molecule has 11 nitrogen and oxygen atoms in total. The van der Waals surface area contributed by atoms with Gasteiger partial charge in [0.15, 0.2) is 0 Å². The lowest BCUT2D eigenvalue weighted by Crippen LogP contribution is -2.57. The molecule has 0 bridgehead atoms. The Morgan fingerprint density at radius 2 is 2.07 bits per heavy atom. The number of amides is 2. The molecule has 2 amide bonds. The van der Waals surface area contributed by atoms with E-state index in [1.807, 2.05) is 25.1 Å². The number of anilines is 1. The van der Waals surface area contributed by atoms with Crippen LogP contribution in [0.2, 0.25) is 0 Å². The lowest BCUT2D eigenvalue weighted by molar-refractivity contribution is -0.121. The molecule has 1 fully saturated rings. The predicted molar refractivity (Wildman–Crippen MR) is 103 cm³/mol. The molecule has 1 aliphatic rings. The highest BCUT2D eigenvalue weighted by atomic mass is 16.2. The summed E-state index contributed by atoms with van der Waals surface area (Å²) in [5, 5.41) is 10.5. The minimum Gasteiger partial charge on any atom is -0.325 e. The number of nitrogens with zero attached hydrogens (tertiary/aromatic N) is 6. The minimum absolute atomic E-state index is 0.112. The lowest BCUT2D eigenvalue weighted by atomic mass is 10.1. The Labute approximate surface area is 163 Å². The molecule has 0 radical (unpaired) electrons. The number of aromatic amines is 2. The molecule has 11 heteroatoms. The van der Waals surface area contributed by atoms with Gasteiger partial charge in [0.2, 0.25) is 5.91 Å². The maximum absolute atomic E-state index is 13.0. The average molecular weight is 392 g/mol. The second-order valence-corrected chi connectivity index (χ2v) is 6.93. The van der Waals surface area contributed by atoms with Crippen LogP contribution in [0.1, 0.15) is 17.3 Å². The summed E-state index contributed by atoms with van der Waals surface area (Å²) >= 11 is 0. The van der Waals surface area contributed by atoms with Crippen LogP contribution in [0.3, 0.4) is 0 Å². The van der Waals surface area contributed by atoms with Crippen molar-refractivity contribution in [3.8, 4) is 0 Å². The standard InChI is InChI=1S/C18H16N8O3/c1-10-7-25(12-3-2-11-5-21-23-14(11)4-12)15(27)8-24(10)16(28)13-6-19-18-20-9-22-26(18)17(13)29/h2-6,9-10H,7-8H2,1H3,(H,21,23)(H,19,20,22)/t10-/m1/s1. The zero-order chi connectivity index (χ0) is 20.1. The number of benzene rings is 1. The van der Waals surface area contributed by atoms with Crippen molar-refractivity contribution in [3.63, 3.8) is 0 Å². The van der Waals surface area contributed by atoms with Gasteiger partial charge in [-0.15, -0.1) is 0 Å². The number of hydrogen-bond acceptors (Lipinski definition) is 6. The fourth-order valence-electron chi connectivity index (χ4n) is 3.57. The number of aromatic nitrogens is 6. The summed E-state index contributed by atoms with van der Waals surface area (Å²) in [5.74, 6) is -0.586. The molecule has 1 aliphatic heterocycles. The van der Waals surface area contributed by atoms with E-state index in [2.05, 4.69) is 25.3 Å². The zero-order valence-electron chi connectivity index (χ0n) is 15.4. The van der Waals surface area contributed by atoms with Crippen LogP contribution in [0.25, 0.3) is 16.7 Å². The van der Waals surface area contributed by atoms with Crippen molar-refractivity contribution in [1.29, 1.82) is 0 Å². The van der Waals surface area contributed by atoms with E-state index >= 15 is 0 Å². The molecule has 2 N–H and O–H groups in total. The van der Waals surface area contributed by atoms with Crippen molar-refractivity contribution < 1.29 is 9.59 Å². The van der Waals surface area contributed by atoms with Crippen molar-refractivity contribution in [2.45, 2.75) is 13.0 Å². The zero-order valence-corrected chi connectivity index (χ0v) is 15.4. The molecule has 4 heterocycles. The third-order valence-electron chi connectivity index (χ3n) is 5.12. The van der Waals surface area contributed by atoms with Crippen molar-refractivity contribution >= 4 is 34.2 Å². The van der Waals surface area contributed by atoms with E-state index in [0.29, 0.717) is 6.54 Å². The Morgan fingerprint density at radius 3 is 2.93 bits per heavy atom. The van der Waals surface area contributed by atoms with Gasteiger partial charge in [-0.1, -0.05) is 0 Å². The third-order valence-corrected chi connectivity index (χ3v) is 5.12. The smallest absolute Gasteiger partial charge is 0.286 e. The number of carbonyl (C=O) groups is 2. The van der Waals surface area contributed by atoms with Gasteiger partial charge in [0.25, 0.3) is 17.2 Å². The maximum atomic E-state index is 13.0. The van der Waals surface area contributed by atoms with Crippen LogP contribution < -0.4 is 10.5 Å². The van der Waals surface area contributed by atoms with E-state index in [-0.39, 0.29) is 29.8 Å². The molecular formula is C18H16N8O3. The number of piperazine rings is 1. The van der Waals surface area contributed by atoms with Gasteiger partial charge in [-0.2, -0.15) is 9.61 Å². The Hall–Kier alpha value is -4.02. The number of nitrogens with one attached hydrogen (secondary N) is 2. The first kappa shape index (κ1) is 17.1. The molecule has 3 aromatic heterocycles. The molecule has 146 valence electrons. The molecule has 0 aliphatic carbocycles. The summed E-state index contributed by atoms with van der Waals surface area (Å²) < 4.78 is 1.09. The number of rotatable bonds is 2. The van der Waals surface area contributed by atoms with Crippen molar-refractivity contribution in [1.82, 2.24) is 34.7 Å². The number of H-pyrrole nitrogens is 2. The Kier molecular flexibility index (Phi) is 3.69. The first-order chi connectivity index (χ1) is 14.0. The third kappa shape index (κ3) is 2.66. The number of hydrogen-bond donors (Lipinski definition) is 2. The van der Waals surface area contributed by atoms with Gasteiger partial charge in [0, 0.05) is 29.9 Å². The molecule has 0 spiro atoms. The van der Waals surface area contributed by atoms with Gasteiger partial charge < -0.3 is 9.80 Å². The number of carbonyl (C=O) groups excluding carboxylic acids is 2. The van der Waals surface area contributed by atoms with Crippen molar-refractivity contribution in [2.24, 2.45) is 0 Å². The van der Waals surface area contributed by atoms with Crippen molar-refractivity contribution in [3.05, 3.63) is 52.8 Å². The largest absolute Gasteiger partial charge is 0.325 e. The molecule has 1 aromatic carbocycles. The quantitative estimate of drug-likeness (QED) is 0.500. The first-order valence-corrected chi connectivity index (χ1v) is 8.98. The molecule has 0 unspecified atom stereocenters. The van der Waals surface area contributed by atoms with E-state index in [0.717, 1.165) is 21.1 Å². The van der Waals surface area contributed by atoms with Gasteiger partial charge >= 0.3 is 0 Å². The highest BCUT2D eigenvalue weighted by Gasteiger charge is 2.35. The Balaban J connectivity index is 1.43. The Morgan fingerprint density at radius 1 is 1.21 bits per heavy atom. The summed E-state index contributed by atoms with van der Waals surface area (Å²) in [5.41, 5.74) is 0.891. The van der Waals surface area contributed by atoms with Gasteiger partial charge in [0.05, 0.1) is 11.7 Å². The summed E-state index contributed by atoms with van der Waals surface area (Å²) in [6, 6.07) is 5.30. The van der Waals surface area contributed by atoms with Gasteiger partial charge in [-0.25, -0.2) is 9.97 Å². The predicted octanol–water partition coefficient (Wildman–Crippen LogP) is 0.171. The van der Waals surface area contributed by atoms with E-state index in [4.69, 9.17) is 0 Å². The van der Waals surface area contributed by atoms with Gasteiger partial charge in [-0.3, -0.25) is 24.6 Å². The molecule has 0 saturated carbocycles. The normalized spacial score (nSPS) is 17.4. The van der Waals surface area contributed by atoms with Crippen LogP contribution in [0.15, 0.2) is 41.7 Å². The maximum Gasteiger partial charge on any atom is 0.286 e. The lowest BCUT2D eigenvalue weighted by Gasteiger charge is -2.39. The van der Waals surface area contributed by atoms with Gasteiger partial charge in [-0.05, 0) is 25.1 Å². The second kappa shape index (κ2) is 6.26. The summed E-state index contributed by atoms with van der Waals surface area (Å²) in [6.07, 6.45) is 4.24. The van der Waals surface area contributed by atoms with E-state index < -0.39 is 11.5 Å². The topological polar surface area (TPSA) is 132 Å². The summed E-state index contributed by atoms with van der Waals surface area (Å²) in [7, 11) is 0. The van der Waals surface area contributed by atoms with E-state index in [1.165, 1.54) is 17.4 Å². The SMILES string of the molecule is C[C@@H]1CN(c2ccc3cn[nH]c3c2)C(=O)CN1C(=O)c1cnc2nc[nH]n2c1=O. The molecule has 29 heavy (non-hydrogen) atoms. The minimum atomic E-state index is -0.552. The molecule has 1 atom stereocenters.